The molecule has 6 nitrogen and oxygen atoms in total. The van der Waals surface area contributed by atoms with Crippen molar-refractivity contribution in [3.63, 3.8) is 0 Å². The lowest BCUT2D eigenvalue weighted by Gasteiger charge is -2.08. The summed E-state index contributed by atoms with van der Waals surface area (Å²) in [6.45, 7) is 1.08. The Morgan fingerprint density at radius 2 is 2.33 bits per heavy atom. The van der Waals surface area contributed by atoms with Crippen LogP contribution in [-0.2, 0) is 4.79 Å². The van der Waals surface area contributed by atoms with Crippen molar-refractivity contribution >= 4 is 23.7 Å². The zero-order chi connectivity index (χ0) is 11.7. The number of hydrogen-bond donors (Lipinski definition) is 4. The number of nitrogens with zero attached hydrogens (tertiary/aromatic N) is 1. The van der Waals surface area contributed by atoms with E-state index in [4.69, 9.17) is 16.6 Å². The van der Waals surface area contributed by atoms with E-state index in [2.05, 4.69) is 10.3 Å². The third kappa shape index (κ3) is 8.07. The van der Waals surface area contributed by atoms with Crippen LogP contribution in [0.4, 0.5) is 0 Å². The average molecular weight is 234 g/mol. The summed E-state index contributed by atoms with van der Waals surface area (Å²) >= 11 is 1.69. The van der Waals surface area contributed by atoms with Crippen LogP contribution in [0.25, 0.3) is 0 Å². The number of carboxylic acid groups (broad SMARTS) is 1. The van der Waals surface area contributed by atoms with E-state index in [9.17, 15) is 4.79 Å². The summed E-state index contributed by atoms with van der Waals surface area (Å²) in [6.07, 6.45) is 2.32. The Bertz CT molecular complexity index is 223. The lowest BCUT2D eigenvalue weighted by molar-refractivity contribution is -0.138. The highest BCUT2D eigenvalue weighted by Gasteiger charge is 2.09. The first-order chi connectivity index (χ1) is 7.07. The number of hydrogen-bond acceptors (Lipinski definition) is 4. The van der Waals surface area contributed by atoms with Gasteiger partial charge in [-0.15, -0.1) is 0 Å². The number of aliphatic carboxylic acids is 1. The van der Waals surface area contributed by atoms with Gasteiger partial charge in [0.1, 0.15) is 6.04 Å². The van der Waals surface area contributed by atoms with Crippen LogP contribution >= 0.6 is 11.8 Å². The third-order valence-corrected chi connectivity index (χ3v) is 2.25. The van der Waals surface area contributed by atoms with Crippen LogP contribution in [-0.4, -0.2) is 48.2 Å². The Labute approximate surface area is 93.5 Å². The van der Waals surface area contributed by atoms with Crippen molar-refractivity contribution in [1.82, 2.24) is 5.32 Å². The fourth-order valence-corrected chi connectivity index (χ4v) is 1.07. The predicted molar refractivity (Wildman–Crippen MR) is 63.1 cm³/mol. The molecule has 0 bridgehead atoms. The maximum Gasteiger partial charge on any atom is 0.320 e. The fraction of sp³-hybridized carbons (Fsp3) is 0.750. The van der Waals surface area contributed by atoms with Crippen molar-refractivity contribution in [2.75, 3.05) is 25.1 Å². The molecule has 0 aliphatic rings. The number of nitrogens with two attached hydrogens (primary N) is 2. The summed E-state index contributed by atoms with van der Waals surface area (Å²) in [6, 6.07) is -0.850. The molecule has 1 unspecified atom stereocenters. The second-order valence-corrected chi connectivity index (χ2v) is 3.91. The number of carbonyl (C=O) groups is 1. The summed E-state index contributed by atoms with van der Waals surface area (Å²) in [7, 11) is 0. The average Bonchev–Trinajstić information content (AvgIpc) is 2.18. The zero-order valence-electron chi connectivity index (χ0n) is 8.77. The van der Waals surface area contributed by atoms with E-state index in [0.717, 1.165) is 5.75 Å². The number of nitrogens with one attached hydrogen (secondary N) is 1. The molecular formula is C8H18N4O2S. The summed E-state index contributed by atoms with van der Waals surface area (Å²) < 4.78 is 0. The molecule has 0 aliphatic heterocycles. The predicted octanol–water partition coefficient (Wildman–Crippen LogP) is -0.944. The van der Waals surface area contributed by atoms with Gasteiger partial charge in [0, 0.05) is 12.3 Å². The Morgan fingerprint density at radius 3 is 2.87 bits per heavy atom. The molecule has 0 fully saturated rings. The van der Waals surface area contributed by atoms with Crippen molar-refractivity contribution in [2.45, 2.75) is 12.5 Å². The van der Waals surface area contributed by atoms with Crippen LogP contribution < -0.4 is 16.8 Å². The normalized spacial score (nSPS) is 13.6. The van der Waals surface area contributed by atoms with E-state index in [-0.39, 0.29) is 0 Å². The zero-order valence-corrected chi connectivity index (χ0v) is 9.59. The van der Waals surface area contributed by atoms with Crippen molar-refractivity contribution in [1.29, 1.82) is 0 Å². The first-order valence-corrected chi connectivity index (χ1v) is 5.98. The van der Waals surface area contributed by atoms with Crippen LogP contribution in [0.15, 0.2) is 4.99 Å². The van der Waals surface area contributed by atoms with Gasteiger partial charge in [-0.3, -0.25) is 9.79 Å². The van der Waals surface area contributed by atoms with Gasteiger partial charge in [0.2, 0.25) is 0 Å². The van der Waals surface area contributed by atoms with Gasteiger partial charge in [0.05, 0.1) is 6.54 Å². The molecule has 6 N–H and O–H groups in total. The minimum Gasteiger partial charge on any atom is -0.480 e. The van der Waals surface area contributed by atoms with Gasteiger partial charge in [0.15, 0.2) is 5.96 Å². The van der Waals surface area contributed by atoms with Gasteiger partial charge in [-0.25, -0.2) is 0 Å². The first-order valence-electron chi connectivity index (χ1n) is 4.59. The summed E-state index contributed by atoms with van der Waals surface area (Å²) in [5.41, 5.74) is 10.8. The Morgan fingerprint density at radius 1 is 1.67 bits per heavy atom. The maximum absolute atomic E-state index is 10.4. The lowest BCUT2D eigenvalue weighted by Crippen LogP contribution is -2.38. The van der Waals surface area contributed by atoms with Crippen LogP contribution in [0, 0.1) is 0 Å². The first kappa shape index (κ1) is 14.1. The molecule has 0 saturated heterocycles. The summed E-state index contributed by atoms with van der Waals surface area (Å²) in [4.78, 5) is 14.4. The minimum atomic E-state index is -1.00. The van der Waals surface area contributed by atoms with Crippen molar-refractivity contribution < 1.29 is 9.90 Å². The molecule has 0 saturated carbocycles. The second-order valence-electron chi connectivity index (χ2n) is 2.92. The largest absolute Gasteiger partial charge is 0.480 e. The van der Waals surface area contributed by atoms with E-state index in [1.807, 2.05) is 6.26 Å². The minimum absolute atomic E-state index is 0.327. The number of aliphatic imine (C=N–C) groups is 1. The molecule has 88 valence electrons. The van der Waals surface area contributed by atoms with E-state index < -0.39 is 12.0 Å². The van der Waals surface area contributed by atoms with E-state index in [1.165, 1.54) is 0 Å². The van der Waals surface area contributed by atoms with Crippen molar-refractivity contribution in [3.05, 3.63) is 0 Å². The standard InChI is InChI=1S/C8H18N4O2S/c1-15-5-4-12-8(10)11-3-2-6(9)7(13)14/h6H,2-5,9H2,1H3,(H,13,14)(H3,10,11,12). The van der Waals surface area contributed by atoms with E-state index in [0.29, 0.717) is 25.5 Å². The molecule has 0 aromatic heterocycles. The topological polar surface area (TPSA) is 114 Å². The van der Waals surface area contributed by atoms with E-state index in [1.54, 1.807) is 11.8 Å². The SMILES string of the molecule is CSCCN=C(N)NCCC(N)C(=O)O. The molecule has 0 amide bonds. The van der Waals surface area contributed by atoms with Gasteiger partial charge < -0.3 is 21.9 Å². The molecular weight excluding hydrogens is 216 g/mol. The quantitative estimate of drug-likeness (QED) is 0.257. The lowest BCUT2D eigenvalue weighted by atomic mass is 10.2. The fourth-order valence-electron chi connectivity index (χ4n) is 0.793. The molecule has 7 heteroatoms. The number of guanidine groups is 1. The molecule has 0 aliphatic carbocycles. The molecule has 0 aromatic carbocycles. The third-order valence-electron chi connectivity index (χ3n) is 1.66. The molecule has 1 atom stereocenters. The maximum atomic E-state index is 10.4. The Kier molecular flexibility index (Phi) is 7.84. The van der Waals surface area contributed by atoms with Gasteiger partial charge in [-0.2, -0.15) is 11.8 Å². The number of rotatable bonds is 7. The highest BCUT2D eigenvalue weighted by atomic mass is 32.2. The van der Waals surface area contributed by atoms with Gasteiger partial charge in [-0.1, -0.05) is 0 Å². The highest BCUT2D eigenvalue weighted by molar-refractivity contribution is 7.98. The number of carboxylic acids is 1. The van der Waals surface area contributed by atoms with Crippen molar-refractivity contribution in [3.8, 4) is 0 Å². The van der Waals surface area contributed by atoms with Gasteiger partial charge in [0.25, 0.3) is 0 Å². The van der Waals surface area contributed by atoms with Gasteiger partial charge >= 0.3 is 5.97 Å². The highest BCUT2D eigenvalue weighted by Crippen LogP contribution is 1.89. The smallest absolute Gasteiger partial charge is 0.320 e. The van der Waals surface area contributed by atoms with Crippen LogP contribution in [0.3, 0.4) is 0 Å². The van der Waals surface area contributed by atoms with Crippen LogP contribution in [0.5, 0.6) is 0 Å². The summed E-state index contributed by atoms with van der Waals surface area (Å²) in [5.74, 6) is 0.244. The molecule has 0 heterocycles. The molecule has 15 heavy (non-hydrogen) atoms. The van der Waals surface area contributed by atoms with E-state index >= 15 is 0 Å². The molecule has 0 rings (SSSR count). The van der Waals surface area contributed by atoms with Crippen LogP contribution in [0.1, 0.15) is 6.42 Å². The Balaban J connectivity index is 3.58. The number of thioether (sulfide) groups is 1. The second kappa shape index (κ2) is 8.37. The van der Waals surface area contributed by atoms with Crippen molar-refractivity contribution in [2.24, 2.45) is 16.5 Å². The summed E-state index contributed by atoms with van der Waals surface area (Å²) in [5, 5.41) is 11.3. The molecule has 0 spiro atoms. The molecule has 0 aromatic rings. The van der Waals surface area contributed by atoms with Gasteiger partial charge in [-0.05, 0) is 12.7 Å². The Hall–Kier alpha value is -0.950. The monoisotopic (exact) mass is 234 g/mol. The molecule has 0 radical (unpaired) electrons. The van der Waals surface area contributed by atoms with Crippen LogP contribution in [0.2, 0.25) is 0 Å².